The second-order valence-electron chi connectivity index (χ2n) is 5.46. The number of ether oxygens (including phenoxy) is 1. The average molecular weight is 252 g/mol. The fourth-order valence-corrected chi connectivity index (χ4v) is 2.02. The molecule has 0 aromatic carbocycles. The molecule has 0 aliphatic heterocycles. The van der Waals surface area contributed by atoms with Crippen LogP contribution in [-0.2, 0) is 17.9 Å². The molecule has 1 saturated carbocycles. The van der Waals surface area contributed by atoms with Crippen molar-refractivity contribution in [2.24, 2.45) is 5.92 Å². The van der Waals surface area contributed by atoms with E-state index in [1.807, 2.05) is 6.07 Å². The van der Waals surface area contributed by atoms with Crippen molar-refractivity contribution in [1.29, 1.82) is 0 Å². The minimum absolute atomic E-state index is 0.462. The van der Waals surface area contributed by atoms with E-state index in [9.17, 15) is 0 Å². The highest BCUT2D eigenvalue weighted by molar-refractivity contribution is 5.04. The fraction of sp³-hybridized carbons (Fsp3) is 0.786. The van der Waals surface area contributed by atoms with Crippen LogP contribution in [-0.4, -0.2) is 17.8 Å². The predicted molar refractivity (Wildman–Crippen MR) is 70.1 cm³/mol. The first-order chi connectivity index (χ1) is 8.74. The topological polar surface area (TPSA) is 47.3 Å². The standard InChI is InChI=1S/C14H24N2O2/c1-11(2)15-9-13-8-14(18-16-13)10-17-7-6-12-4-3-5-12/h8,11-12,15H,3-7,9-10H2,1-2H3. The van der Waals surface area contributed by atoms with Gasteiger partial charge in [-0.25, -0.2) is 0 Å². The Morgan fingerprint density at radius 1 is 1.50 bits per heavy atom. The van der Waals surface area contributed by atoms with Crippen LogP contribution in [0.3, 0.4) is 0 Å². The molecule has 0 spiro atoms. The van der Waals surface area contributed by atoms with E-state index in [1.54, 1.807) is 0 Å². The van der Waals surface area contributed by atoms with Gasteiger partial charge in [-0.3, -0.25) is 0 Å². The Morgan fingerprint density at radius 2 is 2.33 bits per heavy atom. The van der Waals surface area contributed by atoms with E-state index in [1.165, 1.54) is 25.7 Å². The molecule has 1 aliphatic rings. The SMILES string of the molecule is CC(C)NCc1cc(COCCC2CCC2)on1. The van der Waals surface area contributed by atoms with Crippen molar-refractivity contribution in [2.75, 3.05) is 6.61 Å². The Balaban J connectivity index is 1.60. The van der Waals surface area contributed by atoms with Crippen LogP contribution in [0.4, 0.5) is 0 Å². The first-order valence-electron chi connectivity index (χ1n) is 6.99. The average Bonchev–Trinajstić information content (AvgIpc) is 2.71. The summed E-state index contributed by atoms with van der Waals surface area (Å²) < 4.78 is 10.8. The highest BCUT2D eigenvalue weighted by Crippen LogP contribution is 2.29. The maximum atomic E-state index is 5.61. The zero-order chi connectivity index (χ0) is 12.8. The second-order valence-corrected chi connectivity index (χ2v) is 5.46. The molecule has 1 fully saturated rings. The van der Waals surface area contributed by atoms with Gasteiger partial charge in [-0.15, -0.1) is 0 Å². The Hall–Kier alpha value is -0.870. The van der Waals surface area contributed by atoms with Crippen molar-refractivity contribution in [3.8, 4) is 0 Å². The summed E-state index contributed by atoms with van der Waals surface area (Å²) in [6.07, 6.45) is 5.36. The molecular weight excluding hydrogens is 228 g/mol. The van der Waals surface area contributed by atoms with Crippen LogP contribution in [0.1, 0.15) is 51.0 Å². The highest BCUT2D eigenvalue weighted by atomic mass is 16.5. The van der Waals surface area contributed by atoms with Crippen LogP contribution < -0.4 is 5.32 Å². The summed E-state index contributed by atoms with van der Waals surface area (Å²) in [5.41, 5.74) is 0.946. The quantitative estimate of drug-likeness (QED) is 0.723. The molecule has 1 aromatic heterocycles. The number of rotatable bonds is 8. The van der Waals surface area contributed by atoms with Gasteiger partial charge >= 0.3 is 0 Å². The van der Waals surface area contributed by atoms with Crippen LogP contribution in [0.5, 0.6) is 0 Å². The normalized spacial score (nSPS) is 16.2. The van der Waals surface area contributed by atoms with E-state index in [0.29, 0.717) is 12.6 Å². The monoisotopic (exact) mass is 252 g/mol. The maximum absolute atomic E-state index is 5.61. The molecule has 4 nitrogen and oxygen atoms in total. The molecule has 0 unspecified atom stereocenters. The van der Waals surface area contributed by atoms with Crippen molar-refractivity contribution in [2.45, 2.75) is 58.7 Å². The molecule has 4 heteroatoms. The van der Waals surface area contributed by atoms with Gasteiger partial charge < -0.3 is 14.6 Å². The highest BCUT2D eigenvalue weighted by Gasteiger charge is 2.16. The maximum Gasteiger partial charge on any atom is 0.162 e. The Kier molecular flexibility index (Phi) is 5.20. The molecule has 0 bridgehead atoms. The lowest BCUT2D eigenvalue weighted by molar-refractivity contribution is 0.0799. The minimum atomic E-state index is 0.462. The Morgan fingerprint density at radius 3 is 3.00 bits per heavy atom. The van der Waals surface area contributed by atoms with Gasteiger partial charge in [-0.1, -0.05) is 38.3 Å². The third-order valence-corrected chi connectivity index (χ3v) is 3.44. The zero-order valence-corrected chi connectivity index (χ0v) is 11.4. The third kappa shape index (κ3) is 4.42. The van der Waals surface area contributed by atoms with Crippen LogP contribution >= 0.6 is 0 Å². The first-order valence-corrected chi connectivity index (χ1v) is 6.99. The van der Waals surface area contributed by atoms with Gasteiger partial charge in [0.1, 0.15) is 6.61 Å². The predicted octanol–water partition coefficient (Wildman–Crippen LogP) is 2.88. The largest absolute Gasteiger partial charge is 0.373 e. The van der Waals surface area contributed by atoms with E-state index in [2.05, 4.69) is 24.3 Å². The summed E-state index contributed by atoms with van der Waals surface area (Å²) in [5.74, 6) is 1.73. The second kappa shape index (κ2) is 6.90. The molecule has 0 radical (unpaired) electrons. The smallest absolute Gasteiger partial charge is 0.162 e. The Labute approximate surface area is 109 Å². The summed E-state index contributed by atoms with van der Waals surface area (Å²) >= 11 is 0. The zero-order valence-electron chi connectivity index (χ0n) is 11.4. The number of nitrogens with one attached hydrogen (secondary N) is 1. The number of hydrogen-bond donors (Lipinski definition) is 1. The van der Waals surface area contributed by atoms with E-state index < -0.39 is 0 Å². The van der Waals surface area contributed by atoms with Gasteiger partial charge in [0.25, 0.3) is 0 Å². The van der Waals surface area contributed by atoms with Gasteiger partial charge in [0, 0.05) is 25.3 Å². The lowest BCUT2D eigenvalue weighted by Gasteiger charge is -2.24. The fourth-order valence-electron chi connectivity index (χ4n) is 2.02. The van der Waals surface area contributed by atoms with Crippen molar-refractivity contribution in [3.63, 3.8) is 0 Å². The van der Waals surface area contributed by atoms with Gasteiger partial charge in [-0.05, 0) is 12.3 Å². The number of nitrogens with zero attached hydrogens (tertiary/aromatic N) is 1. The molecule has 102 valence electrons. The van der Waals surface area contributed by atoms with E-state index >= 15 is 0 Å². The summed E-state index contributed by atoms with van der Waals surface area (Å²) in [6.45, 7) is 6.37. The molecule has 1 N–H and O–H groups in total. The summed E-state index contributed by atoms with van der Waals surface area (Å²) in [4.78, 5) is 0. The first kappa shape index (κ1) is 13.6. The molecule has 18 heavy (non-hydrogen) atoms. The van der Waals surface area contributed by atoms with Crippen molar-refractivity contribution in [1.82, 2.24) is 10.5 Å². The summed E-state index contributed by atoms with van der Waals surface area (Å²) in [7, 11) is 0. The van der Waals surface area contributed by atoms with Gasteiger partial charge in [0.2, 0.25) is 0 Å². The van der Waals surface area contributed by atoms with Crippen molar-refractivity contribution < 1.29 is 9.26 Å². The molecular formula is C14H24N2O2. The molecule has 1 aromatic rings. The molecule has 2 rings (SSSR count). The van der Waals surface area contributed by atoms with Crippen LogP contribution in [0.25, 0.3) is 0 Å². The minimum Gasteiger partial charge on any atom is -0.373 e. The van der Waals surface area contributed by atoms with Crippen LogP contribution in [0.2, 0.25) is 0 Å². The van der Waals surface area contributed by atoms with E-state index in [-0.39, 0.29) is 0 Å². The molecule has 0 amide bonds. The lowest BCUT2D eigenvalue weighted by atomic mass is 9.83. The molecule has 0 saturated heterocycles. The third-order valence-electron chi connectivity index (χ3n) is 3.44. The van der Waals surface area contributed by atoms with Gasteiger partial charge in [0.15, 0.2) is 5.76 Å². The van der Waals surface area contributed by atoms with Crippen molar-refractivity contribution in [3.05, 3.63) is 17.5 Å². The lowest BCUT2D eigenvalue weighted by Crippen LogP contribution is -2.21. The molecule has 1 aliphatic carbocycles. The molecule has 1 heterocycles. The summed E-state index contributed by atoms with van der Waals surface area (Å²) in [6, 6.07) is 2.43. The van der Waals surface area contributed by atoms with Crippen molar-refractivity contribution >= 4 is 0 Å². The summed E-state index contributed by atoms with van der Waals surface area (Å²) in [5, 5.41) is 7.32. The number of aromatic nitrogens is 1. The van der Waals surface area contributed by atoms with E-state index in [4.69, 9.17) is 9.26 Å². The Bertz CT molecular complexity index is 345. The molecule has 0 atom stereocenters. The number of hydrogen-bond acceptors (Lipinski definition) is 4. The van der Waals surface area contributed by atoms with Gasteiger partial charge in [0.05, 0.1) is 5.69 Å². The van der Waals surface area contributed by atoms with Crippen LogP contribution in [0, 0.1) is 5.92 Å². The van der Waals surface area contributed by atoms with Crippen LogP contribution in [0.15, 0.2) is 10.6 Å². The van der Waals surface area contributed by atoms with Gasteiger partial charge in [-0.2, -0.15) is 0 Å². The van der Waals surface area contributed by atoms with E-state index in [0.717, 1.165) is 30.5 Å².